The molecule has 0 saturated heterocycles. The van der Waals surface area contributed by atoms with Crippen LogP contribution in [0.15, 0.2) is 60.9 Å². The quantitative estimate of drug-likeness (QED) is 0.687. The Kier molecular flexibility index (Phi) is 3.15. The summed E-state index contributed by atoms with van der Waals surface area (Å²) >= 11 is 2.34. The number of hydrogen-bond donors (Lipinski definition) is 1. The Hall–Kier alpha value is -1.62. The van der Waals surface area contributed by atoms with E-state index in [2.05, 4.69) is 69.3 Å². The number of hydrogen-bond acceptors (Lipinski definition) is 2. The lowest BCUT2D eigenvalue weighted by Crippen LogP contribution is -1.91. The first kappa shape index (κ1) is 11.5. The summed E-state index contributed by atoms with van der Waals surface area (Å²) in [6, 6.07) is 16.7. The first-order valence-corrected chi connectivity index (χ1v) is 6.76. The number of halogens is 1. The largest absolute Gasteiger partial charge is 0.355 e. The van der Waals surface area contributed by atoms with E-state index < -0.39 is 0 Å². The van der Waals surface area contributed by atoms with Crippen LogP contribution in [-0.4, -0.2) is 4.98 Å². The fourth-order valence-corrected chi connectivity index (χ4v) is 2.44. The van der Waals surface area contributed by atoms with Crippen LogP contribution in [0.5, 0.6) is 0 Å². The van der Waals surface area contributed by atoms with Crippen LogP contribution in [0.1, 0.15) is 0 Å². The van der Waals surface area contributed by atoms with E-state index in [1.807, 2.05) is 12.1 Å². The van der Waals surface area contributed by atoms with Crippen LogP contribution in [0.25, 0.3) is 10.8 Å². The molecule has 2 aromatic carbocycles. The minimum Gasteiger partial charge on any atom is -0.355 e. The summed E-state index contributed by atoms with van der Waals surface area (Å²) in [5.41, 5.74) is 2.17. The maximum atomic E-state index is 4.02. The molecule has 3 heteroatoms. The van der Waals surface area contributed by atoms with Gasteiger partial charge >= 0.3 is 0 Å². The van der Waals surface area contributed by atoms with Crippen molar-refractivity contribution in [3.8, 4) is 0 Å². The zero-order valence-corrected chi connectivity index (χ0v) is 11.8. The van der Waals surface area contributed by atoms with Crippen molar-refractivity contribution in [3.63, 3.8) is 0 Å². The van der Waals surface area contributed by atoms with Crippen molar-refractivity contribution in [2.24, 2.45) is 0 Å². The number of pyridine rings is 1. The van der Waals surface area contributed by atoms with Gasteiger partial charge in [-0.3, -0.25) is 4.98 Å². The number of fused-ring (bicyclic) bond motifs is 1. The van der Waals surface area contributed by atoms with Gasteiger partial charge in [-0.2, -0.15) is 0 Å². The van der Waals surface area contributed by atoms with E-state index in [0.717, 1.165) is 11.4 Å². The molecule has 0 aliphatic heterocycles. The lowest BCUT2D eigenvalue weighted by atomic mass is 10.1. The molecule has 1 N–H and O–H groups in total. The number of nitrogens with zero attached hydrogens (tertiary/aromatic N) is 1. The van der Waals surface area contributed by atoms with E-state index in [1.165, 1.54) is 14.3 Å². The van der Waals surface area contributed by atoms with Crippen molar-refractivity contribution in [2.45, 2.75) is 0 Å². The fraction of sp³-hybridized carbons (Fsp3) is 0. The first-order chi connectivity index (χ1) is 8.83. The Morgan fingerprint density at radius 2 is 1.78 bits per heavy atom. The van der Waals surface area contributed by atoms with Gasteiger partial charge in [0.2, 0.25) is 0 Å². The summed E-state index contributed by atoms with van der Waals surface area (Å²) in [4.78, 5) is 4.02. The molecule has 0 radical (unpaired) electrons. The van der Waals surface area contributed by atoms with Crippen molar-refractivity contribution in [1.82, 2.24) is 4.98 Å². The molecule has 0 aliphatic carbocycles. The molecule has 3 aromatic rings. The van der Waals surface area contributed by atoms with Gasteiger partial charge in [-0.05, 0) is 58.3 Å². The average molecular weight is 346 g/mol. The molecule has 0 unspecified atom stereocenters. The Balaban J connectivity index is 2.09. The van der Waals surface area contributed by atoms with Crippen molar-refractivity contribution in [3.05, 3.63) is 64.5 Å². The number of aromatic nitrogens is 1. The van der Waals surface area contributed by atoms with Crippen LogP contribution in [0.3, 0.4) is 0 Å². The van der Waals surface area contributed by atoms with Gasteiger partial charge < -0.3 is 5.32 Å². The van der Waals surface area contributed by atoms with E-state index in [4.69, 9.17) is 0 Å². The molecule has 0 atom stereocenters. The van der Waals surface area contributed by atoms with Crippen molar-refractivity contribution < 1.29 is 0 Å². The Bertz CT molecular complexity index is 680. The zero-order valence-electron chi connectivity index (χ0n) is 9.60. The first-order valence-electron chi connectivity index (χ1n) is 5.68. The number of nitrogens with one attached hydrogen (secondary N) is 1. The average Bonchev–Trinajstić information content (AvgIpc) is 2.41. The fourth-order valence-electron chi connectivity index (χ4n) is 1.94. The number of benzene rings is 2. The van der Waals surface area contributed by atoms with Gasteiger partial charge in [0.05, 0.1) is 0 Å². The van der Waals surface area contributed by atoms with Crippen LogP contribution in [0.4, 0.5) is 11.4 Å². The summed E-state index contributed by atoms with van der Waals surface area (Å²) in [6.45, 7) is 0. The summed E-state index contributed by atoms with van der Waals surface area (Å²) in [6.07, 6.45) is 3.58. The molecule has 18 heavy (non-hydrogen) atoms. The van der Waals surface area contributed by atoms with Gasteiger partial charge in [-0.25, -0.2) is 0 Å². The molecular formula is C15H11IN2. The Morgan fingerprint density at radius 3 is 2.61 bits per heavy atom. The minimum absolute atomic E-state index is 1.05. The molecule has 0 spiro atoms. The van der Waals surface area contributed by atoms with Crippen molar-refractivity contribution in [2.75, 3.05) is 5.32 Å². The normalized spacial score (nSPS) is 10.5. The van der Waals surface area contributed by atoms with Gasteiger partial charge in [0.1, 0.15) is 0 Å². The van der Waals surface area contributed by atoms with Crippen LogP contribution in [0, 0.1) is 3.57 Å². The summed E-state index contributed by atoms with van der Waals surface area (Å²) < 4.78 is 1.24. The molecule has 0 amide bonds. The summed E-state index contributed by atoms with van der Waals surface area (Å²) in [5.74, 6) is 0. The zero-order chi connectivity index (χ0) is 12.4. The third kappa shape index (κ3) is 2.31. The number of anilines is 2. The Labute approximate surface area is 119 Å². The van der Waals surface area contributed by atoms with Crippen LogP contribution >= 0.6 is 22.6 Å². The maximum Gasteiger partial charge on any atom is 0.0464 e. The van der Waals surface area contributed by atoms with E-state index in [1.54, 1.807) is 12.4 Å². The second kappa shape index (κ2) is 4.94. The maximum absolute atomic E-state index is 4.02. The lowest BCUT2D eigenvalue weighted by molar-refractivity contribution is 1.33. The third-order valence-corrected chi connectivity index (χ3v) is 3.47. The smallest absolute Gasteiger partial charge is 0.0464 e. The highest BCUT2D eigenvalue weighted by molar-refractivity contribution is 14.1. The van der Waals surface area contributed by atoms with Crippen LogP contribution in [0.2, 0.25) is 0 Å². The molecular weight excluding hydrogens is 335 g/mol. The second-order valence-corrected chi connectivity index (χ2v) is 5.28. The molecule has 88 valence electrons. The molecule has 1 aromatic heterocycles. The molecule has 0 fully saturated rings. The summed E-state index contributed by atoms with van der Waals surface area (Å²) in [5, 5.41) is 5.91. The monoisotopic (exact) mass is 346 g/mol. The van der Waals surface area contributed by atoms with E-state index in [9.17, 15) is 0 Å². The molecule has 0 saturated carbocycles. The van der Waals surface area contributed by atoms with Gasteiger partial charge in [-0.1, -0.05) is 18.2 Å². The standard InChI is InChI=1S/C15H11IN2/c16-12-5-4-11-2-1-3-15(14(11)10-12)18-13-6-8-17-9-7-13/h1-10H,(H,17,18). The van der Waals surface area contributed by atoms with Gasteiger partial charge in [0, 0.05) is 32.7 Å². The number of rotatable bonds is 2. The Morgan fingerprint density at radius 1 is 0.944 bits per heavy atom. The van der Waals surface area contributed by atoms with Crippen LogP contribution < -0.4 is 5.32 Å². The third-order valence-electron chi connectivity index (χ3n) is 2.80. The predicted molar refractivity (Wildman–Crippen MR) is 84.2 cm³/mol. The molecule has 0 bridgehead atoms. The highest BCUT2D eigenvalue weighted by Crippen LogP contribution is 2.27. The van der Waals surface area contributed by atoms with Gasteiger partial charge in [0.25, 0.3) is 0 Å². The molecule has 2 nitrogen and oxygen atoms in total. The van der Waals surface area contributed by atoms with E-state index >= 15 is 0 Å². The molecule has 1 heterocycles. The van der Waals surface area contributed by atoms with Crippen molar-refractivity contribution in [1.29, 1.82) is 0 Å². The topological polar surface area (TPSA) is 24.9 Å². The molecule has 3 rings (SSSR count). The second-order valence-electron chi connectivity index (χ2n) is 4.03. The highest BCUT2D eigenvalue weighted by atomic mass is 127. The highest BCUT2D eigenvalue weighted by Gasteiger charge is 2.01. The van der Waals surface area contributed by atoms with Crippen LogP contribution in [-0.2, 0) is 0 Å². The minimum atomic E-state index is 1.05. The molecule has 0 aliphatic rings. The van der Waals surface area contributed by atoms with E-state index in [-0.39, 0.29) is 0 Å². The lowest BCUT2D eigenvalue weighted by Gasteiger charge is -2.09. The predicted octanol–water partition coefficient (Wildman–Crippen LogP) is 4.58. The summed E-state index contributed by atoms with van der Waals surface area (Å²) in [7, 11) is 0. The SMILES string of the molecule is Ic1ccc2cccc(Nc3ccncc3)c2c1. The van der Waals surface area contributed by atoms with Crippen molar-refractivity contribution >= 4 is 44.7 Å². The van der Waals surface area contributed by atoms with Gasteiger partial charge in [-0.15, -0.1) is 0 Å². The van der Waals surface area contributed by atoms with Gasteiger partial charge in [0.15, 0.2) is 0 Å². The van der Waals surface area contributed by atoms with E-state index in [0.29, 0.717) is 0 Å².